The molecular formula is C14H20N2O2. The number of hydrogen-bond acceptors (Lipinski definition) is 3. The molecule has 0 bridgehead atoms. The number of carbonyl (C=O) groups excluding carboxylic acids is 2. The van der Waals surface area contributed by atoms with Gasteiger partial charge in [0.05, 0.1) is 12.0 Å². The van der Waals surface area contributed by atoms with E-state index in [9.17, 15) is 9.59 Å². The Morgan fingerprint density at radius 1 is 1.22 bits per heavy atom. The van der Waals surface area contributed by atoms with Crippen LogP contribution in [-0.2, 0) is 9.59 Å². The van der Waals surface area contributed by atoms with E-state index in [1.54, 1.807) is 0 Å². The van der Waals surface area contributed by atoms with E-state index in [1.165, 1.54) is 23.3 Å². The van der Waals surface area contributed by atoms with Gasteiger partial charge in [0, 0.05) is 6.54 Å². The zero-order valence-corrected chi connectivity index (χ0v) is 10.7. The van der Waals surface area contributed by atoms with Gasteiger partial charge in [-0.05, 0) is 45.1 Å². The van der Waals surface area contributed by atoms with Gasteiger partial charge in [-0.1, -0.05) is 11.6 Å². The number of imide groups is 1. The van der Waals surface area contributed by atoms with Crippen LogP contribution in [0.15, 0.2) is 11.6 Å². The Labute approximate surface area is 107 Å². The first-order valence-electron chi connectivity index (χ1n) is 7.04. The minimum absolute atomic E-state index is 0.00354. The normalized spacial score (nSPS) is 32.4. The molecule has 2 fully saturated rings. The summed E-state index contributed by atoms with van der Waals surface area (Å²) in [7, 11) is 0. The summed E-state index contributed by atoms with van der Waals surface area (Å²) in [5.41, 5.74) is 1.27. The van der Waals surface area contributed by atoms with Crippen LogP contribution >= 0.6 is 0 Å². The molecule has 3 aliphatic rings. The smallest absolute Gasteiger partial charge is 0.247 e. The summed E-state index contributed by atoms with van der Waals surface area (Å²) in [4.78, 5) is 26.0. The number of piperidine rings is 1. The van der Waals surface area contributed by atoms with Crippen LogP contribution in [0.5, 0.6) is 0 Å². The number of nitrogens with one attached hydrogen (secondary N) is 1. The molecule has 18 heavy (non-hydrogen) atoms. The Hall–Kier alpha value is -1.16. The standard InChI is InChI=1S/C14H20N2O2/c17-13-11-7-4-8-15-12(11)14(18)16(13)9-10-5-2-1-3-6-10/h5,11-12,15H,1-4,6-9H2. The number of amides is 2. The van der Waals surface area contributed by atoms with Crippen LogP contribution in [0.2, 0.25) is 0 Å². The predicted octanol–water partition coefficient (Wildman–Crippen LogP) is 1.22. The van der Waals surface area contributed by atoms with Crippen molar-refractivity contribution in [2.45, 2.75) is 44.6 Å². The number of carbonyl (C=O) groups is 2. The summed E-state index contributed by atoms with van der Waals surface area (Å²) in [6.45, 7) is 1.39. The third-order valence-corrected chi connectivity index (χ3v) is 4.32. The van der Waals surface area contributed by atoms with E-state index in [2.05, 4.69) is 11.4 Å². The van der Waals surface area contributed by atoms with Gasteiger partial charge >= 0.3 is 0 Å². The van der Waals surface area contributed by atoms with Crippen LogP contribution in [0.1, 0.15) is 38.5 Å². The number of fused-ring (bicyclic) bond motifs is 1. The first-order valence-corrected chi connectivity index (χ1v) is 7.04. The maximum Gasteiger partial charge on any atom is 0.247 e. The zero-order valence-electron chi connectivity index (χ0n) is 10.7. The first kappa shape index (κ1) is 11.9. The molecule has 0 aromatic heterocycles. The third kappa shape index (κ3) is 1.99. The van der Waals surface area contributed by atoms with Crippen molar-refractivity contribution >= 4 is 11.8 Å². The maximum atomic E-state index is 12.3. The molecular weight excluding hydrogens is 228 g/mol. The van der Waals surface area contributed by atoms with Crippen molar-refractivity contribution in [1.29, 1.82) is 0 Å². The third-order valence-electron chi connectivity index (χ3n) is 4.32. The number of rotatable bonds is 2. The van der Waals surface area contributed by atoms with Gasteiger partial charge in [-0.15, -0.1) is 0 Å². The molecule has 3 rings (SSSR count). The predicted molar refractivity (Wildman–Crippen MR) is 67.8 cm³/mol. The van der Waals surface area contributed by atoms with E-state index in [-0.39, 0.29) is 23.8 Å². The molecule has 2 unspecified atom stereocenters. The highest BCUT2D eigenvalue weighted by Gasteiger charge is 2.48. The fourth-order valence-electron chi connectivity index (χ4n) is 3.30. The van der Waals surface area contributed by atoms with Crippen LogP contribution in [0.4, 0.5) is 0 Å². The lowest BCUT2D eigenvalue weighted by Gasteiger charge is -2.21. The molecule has 1 aliphatic carbocycles. The molecule has 4 nitrogen and oxygen atoms in total. The average Bonchev–Trinajstić information content (AvgIpc) is 2.66. The van der Waals surface area contributed by atoms with Gasteiger partial charge in [0.1, 0.15) is 0 Å². The Morgan fingerprint density at radius 3 is 2.83 bits per heavy atom. The van der Waals surface area contributed by atoms with E-state index < -0.39 is 0 Å². The molecule has 2 atom stereocenters. The minimum Gasteiger partial charge on any atom is -0.305 e. The van der Waals surface area contributed by atoms with E-state index >= 15 is 0 Å². The van der Waals surface area contributed by atoms with E-state index in [4.69, 9.17) is 0 Å². The molecule has 2 aliphatic heterocycles. The van der Waals surface area contributed by atoms with Gasteiger partial charge in [0.25, 0.3) is 0 Å². The van der Waals surface area contributed by atoms with E-state index in [1.807, 2.05) is 0 Å². The second-order valence-electron chi connectivity index (χ2n) is 5.55. The van der Waals surface area contributed by atoms with Crippen LogP contribution in [0.25, 0.3) is 0 Å². The summed E-state index contributed by atoms with van der Waals surface area (Å²) >= 11 is 0. The Morgan fingerprint density at radius 2 is 2.11 bits per heavy atom. The van der Waals surface area contributed by atoms with Crippen molar-refractivity contribution in [2.24, 2.45) is 5.92 Å². The molecule has 1 N–H and O–H groups in total. The highest BCUT2D eigenvalue weighted by molar-refractivity contribution is 6.07. The SMILES string of the molecule is O=C1C2CCCNC2C(=O)N1CC1=CCCCC1. The number of nitrogens with zero attached hydrogens (tertiary/aromatic N) is 1. The topological polar surface area (TPSA) is 49.4 Å². The molecule has 0 spiro atoms. The van der Waals surface area contributed by atoms with Crippen molar-refractivity contribution in [2.75, 3.05) is 13.1 Å². The van der Waals surface area contributed by atoms with Crippen LogP contribution in [0.3, 0.4) is 0 Å². The average molecular weight is 248 g/mol. The highest BCUT2D eigenvalue weighted by atomic mass is 16.2. The van der Waals surface area contributed by atoms with Gasteiger partial charge in [0.15, 0.2) is 0 Å². The van der Waals surface area contributed by atoms with Crippen molar-refractivity contribution in [3.8, 4) is 0 Å². The summed E-state index contributed by atoms with van der Waals surface area (Å²) in [5, 5.41) is 3.20. The molecule has 4 heteroatoms. The van der Waals surface area contributed by atoms with Gasteiger partial charge in [-0.25, -0.2) is 0 Å². The number of allylic oxidation sites excluding steroid dienone is 1. The summed E-state index contributed by atoms with van der Waals surface area (Å²) in [6, 6.07) is -0.240. The second kappa shape index (κ2) is 4.84. The van der Waals surface area contributed by atoms with Crippen LogP contribution in [-0.4, -0.2) is 35.8 Å². The first-order chi connectivity index (χ1) is 8.77. The van der Waals surface area contributed by atoms with Crippen molar-refractivity contribution in [3.05, 3.63) is 11.6 Å². The van der Waals surface area contributed by atoms with Gasteiger partial charge in [-0.3, -0.25) is 14.5 Å². The molecule has 0 aromatic carbocycles. The lowest BCUT2D eigenvalue weighted by Crippen LogP contribution is -2.44. The lowest BCUT2D eigenvalue weighted by molar-refractivity contribution is -0.139. The molecule has 0 aromatic rings. The molecule has 2 saturated heterocycles. The van der Waals surface area contributed by atoms with Gasteiger partial charge < -0.3 is 5.32 Å². The maximum absolute atomic E-state index is 12.3. The van der Waals surface area contributed by atoms with Crippen molar-refractivity contribution in [3.63, 3.8) is 0 Å². The number of likely N-dealkylation sites (tertiary alicyclic amines) is 1. The molecule has 2 amide bonds. The quantitative estimate of drug-likeness (QED) is 0.590. The molecule has 98 valence electrons. The highest BCUT2D eigenvalue weighted by Crippen LogP contribution is 2.29. The number of hydrogen-bond donors (Lipinski definition) is 1. The summed E-state index contributed by atoms with van der Waals surface area (Å²) in [6.07, 6.45) is 8.62. The van der Waals surface area contributed by atoms with Crippen molar-refractivity contribution < 1.29 is 9.59 Å². The lowest BCUT2D eigenvalue weighted by atomic mass is 9.93. The van der Waals surface area contributed by atoms with E-state index in [0.29, 0.717) is 6.54 Å². The fraction of sp³-hybridized carbons (Fsp3) is 0.714. The monoisotopic (exact) mass is 248 g/mol. The molecule has 0 saturated carbocycles. The minimum atomic E-state index is -0.240. The van der Waals surface area contributed by atoms with E-state index in [0.717, 1.165) is 32.2 Å². The summed E-state index contributed by atoms with van der Waals surface area (Å²) < 4.78 is 0. The van der Waals surface area contributed by atoms with Gasteiger partial charge in [-0.2, -0.15) is 0 Å². The van der Waals surface area contributed by atoms with Crippen LogP contribution < -0.4 is 5.32 Å². The largest absolute Gasteiger partial charge is 0.305 e. The van der Waals surface area contributed by atoms with Crippen LogP contribution in [0, 0.1) is 5.92 Å². The second-order valence-corrected chi connectivity index (χ2v) is 5.55. The Kier molecular flexibility index (Phi) is 3.20. The zero-order chi connectivity index (χ0) is 12.5. The Balaban J connectivity index is 1.74. The van der Waals surface area contributed by atoms with Crippen molar-refractivity contribution in [1.82, 2.24) is 10.2 Å². The fourth-order valence-corrected chi connectivity index (χ4v) is 3.30. The molecule has 0 radical (unpaired) electrons. The Bertz CT molecular complexity index is 379. The molecule has 2 heterocycles. The summed E-state index contributed by atoms with van der Waals surface area (Å²) in [5.74, 6) is -0.0599. The van der Waals surface area contributed by atoms with Gasteiger partial charge in [0.2, 0.25) is 11.8 Å².